The lowest BCUT2D eigenvalue weighted by atomic mass is 9.83. The van der Waals surface area contributed by atoms with Crippen LogP contribution in [0, 0.1) is 11.8 Å². The Hall–Kier alpha value is -0.0900. The molecule has 0 aromatic carbocycles. The van der Waals surface area contributed by atoms with E-state index >= 15 is 0 Å². The minimum Gasteiger partial charge on any atom is -0.459 e. The number of hydrogen-bond acceptors (Lipinski definition) is 3. The quantitative estimate of drug-likeness (QED) is 0.576. The van der Waals surface area contributed by atoms with Gasteiger partial charge in [0.05, 0.1) is 6.10 Å². The van der Waals surface area contributed by atoms with Crippen molar-refractivity contribution in [3.63, 3.8) is 0 Å². The molecule has 1 saturated heterocycles. The van der Waals surface area contributed by atoms with Crippen molar-refractivity contribution in [1.29, 1.82) is 0 Å². The molecule has 0 aromatic rings. The zero-order valence-corrected chi connectivity index (χ0v) is 11.3. The van der Waals surface area contributed by atoms with Crippen molar-refractivity contribution in [3.8, 4) is 0 Å². The van der Waals surface area contributed by atoms with Gasteiger partial charge < -0.3 is 9.47 Å². The van der Waals surface area contributed by atoms with Crippen LogP contribution in [0.3, 0.4) is 0 Å². The van der Waals surface area contributed by atoms with Crippen molar-refractivity contribution in [1.82, 2.24) is 0 Å². The van der Waals surface area contributed by atoms with E-state index in [0.717, 1.165) is 6.42 Å². The summed E-state index contributed by atoms with van der Waals surface area (Å²) in [7, 11) is 0. The number of carbonyl (C=O) groups is 1. The molecule has 0 aromatic heterocycles. The molecule has 5 atom stereocenters. The molecule has 3 nitrogen and oxygen atoms in total. The molecular weight excluding hydrogens is 260 g/mol. The topological polar surface area (TPSA) is 35.5 Å². The SMILES string of the molecule is CCC1O[C@@H](Br)C(OC(C)=O)[C@@H](C)[C@H]1C. The van der Waals surface area contributed by atoms with E-state index in [1.54, 1.807) is 0 Å². The highest BCUT2D eigenvalue weighted by Crippen LogP contribution is 2.36. The van der Waals surface area contributed by atoms with Gasteiger partial charge in [-0.05, 0) is 12.3 Å². The highest BCUT2D eigenvalue weighted by molar-refractivity contribution is 9.09. The summed E-state index contributed by atoms with van der Waals surface area (Å²) >= 11 is 3.43. The molecule has 1 rings (SSSR count). The molecule has 88 valence electrons. The standard InChI is InChI=1S/C11H19BrO3/c1-5-9-6(2)7(3)10(11(12)15-9)14-8(4)13/h6-7,9-11H,5H2,1-4H3/t6-,7+,9?,10?,11-/m1/s1. The predicted molar refractivity (Wildman–Crippen MR) is 61.8 cm³/mol. The fourth-order valence-electron chi connectivity index (χ4n) is 2.07. The number of esters is 1. The summed E-state index contributed by atoms with van der Waals surface area (Å²) in [5, 5.41) is -0.183. The third-order valence-electron chi connectivity index (χ3n) is 3.20. The van der Waals surface area contributed by atoms with Crippen LogP contribution in [0.15, 0.2) is 0 Å². The Morgan fingerprint density at radius 1 is 1.40 bits per heavy atom. The van der Waals surface area contributed by atoms with E-state index in [2.05, 4.69) is 36.7 Å². The minimum absolute atomic E-state index is 0.180. The van der Waals surface area contributed by atoms with E-state index in [9.17, 15) is 4.79 Å². The smallest absolute Gasteiger partial charge is 0.303 e. The molecule has 0 radical (unpaired) electrons. The van der Waals surface area contributed by atoms with E-state index in [4.69, 9.17) is 9.47 Å². The average Bonchev–Trinajstić information content (AvgIpc) is 2.18. The Bertz CT molecular complexity index is 232. The van der Waals surface area contributed by atoms with Crippen molar-refractivity contribution in [3.05, 3.63) is 0 Å². The van der Waals surface area contributed by atoms with Crippen molar-refractivity contribution in [2.24, 2.45) is 11.8 Å². The highest BCUT2D eigenvalue weighted by Gasteiger charge is 2.41. The van der Waals surface area contributed by atoms with Gasteiger partial charge in [0.15, 0.2) is 0 Å². The summed E-state index contributed by atoms with van der Waals surface area (Å²) in [4.78, 5) is 11.0. The summed E-state index contributed by atoms with van der Waals surface area (Å²) in [5.74, 6) is 0.479. The maximum absolute atomic E-state index is 11.0. The van der Waals surface area contributed by atoms with Gasteiger partial charge in [0.2, 0.25) is 0 Å². The maximum Gasteiger partial charge on any atom is 0.303 e. The van der Waals surface area contributed by atoms with Gasteiger partial charge in [0.25, 0.3) is 0 Å². The monoisotopic (exact) mass is 278 g/mol. The van der Waals surface area contributed by atoms with E-state index in [1.807, 2.05) is 0 Å². The first-order valence-corrected chi connectivity index (χ1v) is 6.35. The molecule has 15 heavy (non-hydrogen) atoms. The molecule has 4 heteroatoms. The molecule has 0 bridgehead atoms. The van der Waals surface area contributed by atoms with Crippen molar-refractivity contribution in [2.75, 3.05) is 0 Å². The Balaban J connectivity index is 2.70. The Labute approximate surface area is 99.6 Å². The first kappa shape index (κ1) is 13.0. The molecular formula is C11H19BrO3. The molecule has 1 aliphatic rings. The van der Waals surface area contributed by atoms with Crippen LogP contribution in [-0.4, -0.2) is 23.2 Å². The highest BCUT2D eigenvalue weighted by atomic mass is 79.9. The van der Waals surface area contributed by atoms with Crippen LogP contribution in [0.5, 0.6) is 0 Å². The molecule has 1 aliphatic heterocycles. The van der Waals surface area contributed by atoms with E-state index in [0.29, 0.717) is 11.8 Å². The number of rotatable bonds is 2. The summed E-state index contributed by atoms with van der Waals surface area (Å²) in [6, 6.07) is 0. The van der Waals surface area contributed by atoms with E-state index in [1.165, 1.54) is 6.92 Å². The lowest BCUT2D eigenvalue weighted by Gasteiger charge is -2.41. The van der Waals surface area contributed by atoms with Crippen molar-refractivity contribution >= 4 is 21.9 Å². The molecule has 1 heterocycles. The third kappa shape index (κ3) is 2.94. The molecule has 0 aliphatic carbocycles. The van der Waals surface area contributed by atoms with Crippen molar-refractivity contribution in [2.45, 2.75) is 51.3 Å². The molecule has 2 unspecified atom stereocenters. The summed E-state index contributed by atoms with van der Waals surface area (Å²) < 4.78 is 11.0. The second kappa shape index (κ2) is 5.30. The summed E-state index contributed by atoms with van der Waals surface area (Å²) in [6.07, 6.45) is 1.05. The van der Waals surface area contributed by atoms with Gasteiger partial charge in [-0.2, -0.15) is 0 Å². The molecule has 0 N–H and O–H groups in total. The van der Waals surface area contributed by atoms with Crippen LogP contribution >= 0.6 is 15.9 Å². The first-order chi connectivity index (χ1) is 6.97. The maximum atomic E-state index is 11.0. The van der Waals surface area contributed by atoms with Crippen LogP contribution in [0.4, 0.5) is 0 Å². The number of halogens is 1. The second-order valence-corrected chi connectivity index (χ2v) is 5.13. The minimum atomic E-state index is -0.248. The summed E-state index contributed by atoms with van der Waals surface area (Å²) in [6.45, 7) is 7.80. The fourth-order valence-corrected chi connectivity index (χ4v) is 2.93. The van der Waals surface area contributed by atoms with Gasteiger partial charge in [-0.15, -0.1) is 0 Å². The predicted octanol–water partition coefficient (Wildman–Crippen LogP) is 2.72. The van der Waals surface area contributed by atoms with Crippen LogP contribution < -0.4 is 0 Å². The Morgan fingerprint density at radius 3 is 2.47 bits per heavy atom. The Kier molecular flexibility index (Phi) is 4.59. The summed E-state index contributed by atoms with van der Waals surface area (Å²) in [5.41, 5.74) is 0. The first-order valence-electron chi connectivity index (χ1n) is 5.44. The normalized spacial score (nSPS) is 41.3. The van der Waals surface area contributed by atoms with Gasteiger partial charge in [0, 0.05) is 12.8 Å². The van der Waals surface area contributed by atoms with Crippen molar-refractivity contribution < 1.29 is 14.3 Å². The molecule has 0 spiro atoms. The van der Waals surface area contributed by atoms with Gasteiger partial charge in [0.1, 0.15) is 11.1 Å². The number of alkyl halides is 1. The zero-order chi connectivity index (χ0) is 11.6. The van der Waals surface area contributed by atoms with Gasteiger partial charge in [-0.25, -0.2) is 0 Å². The fraction of sp³-hybridized carbons (Fsp3) is 0.909. The third-order valence-corrected chi connectivity index (χ3v) is 3.94. The lowest BCUT2D eigenvalue weighted by Crippen LogP contribution is -2.48. The van der Waals surface area contributed by atoms with Gasteiger partial charge in [-0.3, -0.25) is 4.79 Å². The zero-order valence-electron chi connectivity index (χ0n) is 9.70. The van der Waals surface area contributed by atoms with Crippen LogP contribution in [-0.2, 0) is 14.3 Å². The average molecular weight is 279 g/mol. The lowest BCUT2D eigenvalue weighted by molar-refractivity contribution is -0.175. The second-order valence-electron chi connectivity index (χ2n) is 4.23. The van der Waals surface area contributed by atoms with Crippen LogP contribution in [0.1, 0.15) is 34.1 Å². The van der Waals surface area contributed by atoms with Gasteiger partial charge >= 0.3 is 5.97 Å². The van der Waals surface area contributed by atoms with E-state index < -0.39 is 0 Å². The number of ether oxygens (including phenoxy) is 2. The van der Waals surface area contributed by atoms with Crippen LogP contribution in [0.2, 0.25) is 0 Å². The Morgan fingerprint density at radius 2 is 2.00 bits per heavy atom. The number of hydrogen-bond donors (Lipinski definition) is 0. The molecule has 0 amide bonds. The van der Waals surface area contributed by atoms with Crippen LogP contribution in [0.25, 0.3) is 0 Å². The molecule has 1 fully saturated rings. The largest absolute Gasteiger partial charge is 0.459 e. The molecule has 0 saturated carbocycles. The van der Waals surface area contributed by atoms with E-state index in [-0.39, 0.29) is 23.2 Å². The number of carbonyl (C=O) groups excluding carboxylic acids is 1. The van der Waals surface area contributed by atoms with Gasteiger partial charge in [-0.1, -0.05) is 36.7 Å².